The summed E-state index contributed by atoms with van der Waals surface area (Å²) in [5, 5.41) is 0. The van der Waals surface area contributed by atoms with Crippen molar-refractivity contribution in [2.75, 3.05) is 26.7 Å². The Balaban J connectivity index is 2.31. The van der Waals surface area contributed by atoms with E-state index < -0.39 is 0 Å². The molecule has 4 heteroatoms. The van der Waals surface area contributed by atoms with Gasteiger partial charge in [0.25, 0.3) is 0 Å². The van der Waals surface area contributed by atoms with Crippen LogP contribution >= 0.6 is 15.9 Å². The lowest BCUT2D eigenvalue weighted by Gasteiger charge is -2.39. The van der Waals surface area contributed by atoms with Gasteiger partial charge in [0.1, 0.15) is 0 Å². The predicted molar refractivity (Wildman–Crippen MR) is 93.4 cm³/mol. The van der Waals surface area contributed by atoms with E-state index in [0.717, 1.165) is 24.0 Å². The second kappa shape index (κ2) is 7.73. The third kappa shape index (κ3) is 4.28. The first-order valence-corrected chi connectivity index (χ1v) is 8.77. The molecule has 1 aliphatic heterocycles. The lowest BCUT2D eigenvalue weighted by Crippen LogP contribution is -2.47. The minimum atomic E-state index is 0.171. The first-order valence-electron chi connectivity index (χ1n) is 7.98. The maximum absolute atomic E-state index is 6.51. The fourth-order valence-electron chi connectivity index (χ4n) is 3.40. The van der Waals surface area contributed by atoms with Gasteiger partial charge in [-0.3, -0.25) is 4.90 Å². The lowest BCUT2D eigenvalue weighted by molar-refractivity contribution is 0.122. The van der Waals surface area contributed by atoms with Crippen molar-refractivity contribution in [1.29, 1.82) is 0 Å². The molecule has 1 fully saturated rings. The van der Waals surface area contributed by atoms with Crippen LogP contribution in [-0.2, 0) is 0 Å². The van der Waals surface area contributed by atoms with Crippen LogP contribution in [0.4, 0.5) is 0 Å². The maximum atomic E-state index is 6.51. The minimum Gasteiger partial charge on any atom is -0.326 e. The summed E-state index contributed by atoms with van der Waals surface area (Å²) in [5.74, 6) is 0. The molecule has 0 amide bonds. The number of halogens is 1. The van der Waals surface area contributed by atoms with Crippen LogP contribution in [0.25, 0.3) is 0 Å². The number of likely N-dealkylation sites (N-methyl/N-ethyl adjacent to an activating group) is 1. The number of hydrogen-bond acceptors (Lipinski definition) is 3. The van der Waals surface area contributed by atoms with Gasteiger partial charge in [0.2, 0.25) is 0 Å². The molecule has 0 aromatic heterocycles. The molecule has 0 bridgehead atoms. The predicted octanol–water partition coefficient (Wildman–Crippen LogP) is 3.25. The van der Waals surface area contributed by atoms with Crippen molar-refractivity contribution >= 4 is 15.9 Å². The molecule has 1 heterocycles. The highest BCUT2D eigenvalue weighted by atomic mass is 79.9. The Morgan fingerprint density at radius 3 is 2.81 bits per heavy atom. The van der Waals surface area contributed by atoms with Crippen LogP contribution in [-0.4, -0.2) is 48.6 Å². The van der Waals surface area contributed by atoms with Gasteiger partial charge in [-0.15, -0.1) is 0 Å². The number of nitrogens with zero attached hydrogens (tertiary/aromatic N) is 2. The van der Waals surface area contributed by atoms with Gasteiger partial charge >= 0.3 is 0 Å². The molecule has 3 atom stereocenters. The summed E-state index contributed by atoms with van der Waals surface area (Å²) in [6.07, 6.45) is 2.21. The summed E-state index contributed by atoms with van der Waals surface area (Å²) in [6.45, 7) is 7.92. The van der Waals surface area contributed by atoms with Gasteiger partial charge in [0.05, 0.1) is 6.04 Å². The third-order valence-corrected chi connectivity index (χ3v) is 5.02. The number of hydrogen-bond donors (Lipinski definition) is 1. The van der Waals surface area contributed by atoms with Gasteiger partial charge in [0.15, 0.2) is 0 Å². The molecule has 1 aromatic rings. The summed E-state index contributed by atoms with van der Waals surface area (Å²) < 4.78 is 1.13. The van der Waals surface area contributed by atoms with E-state index in [1.807, 2.05) is 0 Å². The molecule has 0 aliphatic carbocycles. The van der Waals surface area contributed by atoms with Crippen LogP contribution in [0.1, 0.15) is 38.3 Å². The molecule has 1 aliphatic rings. The van der Waals surface area contributed by atoms with Crippen molar-refractivity contribution in [3.05, 3.63) is 34.3 Å². The van der Waals surface area contributed by atoms with Gasteiger partial charge in [-0.05, 0) is 51.1 Å². The Kier molecular flexibility index (Phi) is 6.23. The Morgan fingerprint density at radius 1 is 1.38 bits per heavy atom. The van der Waals surface area contributed by atoms with E-state index in [9.17, 15) is 0 Å². The van der Waals surface area contributed by atoms with Gasteiger partial charge in [-0.2, -0.15) is 0 Å². The Morgan fingerprint density at radius 2 is 2.14 bits per heavy atom. The largest absolute Gasteiger partial charge is 0.326 e. The smallest absolute Gasteiger partial charge is 0.0502 e. The van der Waals surface area contributed by atoms with Crippen LogP contribution in [0.2, 0.25) is 0 Å². The summed E-state index contributed by atoms with van der Waals surface area (Å²) >= 11 is 3.60. The first-order chi connectivity index (χ1) is 10.0. The van der Waals surface area contributed by atoms with Crippen LogP contribution in [0.5, 0.6) is 0 Å². The molecule has 1 aromatic carbocycles. The van der Waals surface area contributed by atoms with Crippen LogP contribution in [0.3, 0.4) is 0 Å². The van der Waals surface area contributed by atoms with Gasteiger partial charge in [-0.25, -0.2) is 0 Å². The van der Waals surface area contributed by atoms with Gasteiger partial charge in [-0.1, -0.05) is 35.0 Å². The maximum Gasteiger partial charge on any atom is 0.0502 e. The second-order valence-electron chi connectivity index (χ2n) is 6.27. The van der Waals surface area contributed by atoms with Crippen molar-refractivity contribution < 1.29 is 0 Å². The molecule has 2 rings (SSSR count). The van der Waals surface area contributed by atoms with E-state index in [1.54, 1.807) is 0 Å². The molecule has 3 nitrogen and oxygen atoms in total. The number of benzene rings is 1. The zero-order valence-corrected chi connectivity index (χ0v) is 15.0. The van der Waals surface area contributed by atoms with Crippen molar-refractivity contribution in [2.24, 2.45) is 5.73 Å². The molecule has 21 heavy (non-hydrogen) atoms. The molecular weight excluding hydrogens is 326 g/mol. The van der Waals surface area contributed by atoms with Gasteiger partial charge in [0, 0.05) is 29.6 Å². The number of rotatable bonds is 4. The van der Waals surface area contributed by atoms with Crippen molar-refractivity contribution in [1.82, 2.24) is 9.80 Å². The molecule has 118 valence electrons. The molecular formula is C17H28BrN3. The Hall–Kier alpha value is -0.420. The second-order valence-corrected chi connectivity index (χ2v) is 7.19. The average Bonchev–Trinajstić information content (AvgIpc) is 2.60. The zero-order chi connectivity index (χ0) is 15.4. The zero-order valence-electron chi connectivity index (χ0n) is 13.4. The SMILES string of the molecule is CCC(N)C(c1cccc(Br)c1)N1CCCN(C)CC1C. The summed E-state index contributed by atoms with van der Waals surface area (Å²) in [4.78, 5) is 5.04. The number of nitrogens with two attached hydrogens (primary N) is 1. The quantitative estimate of drug-likeness (QED) is 0.901. The Bertz CT molecular complexity index is 451. The van der Waals surface area contributed by atoms with E-state index >= 15 is 0 Å². The van der Waals surface area contributed by atoms with E-state index in [0.29, 0.717) is 12.1 Å². The highest BCUT2D eigenvalue weighted by Gasteiger charge is 2.31. The normalized spacial score (nSPS) is 24.5. The highest BCUT2D eigenvalue weighted by molar-refractivity contribution is 9.10. The van der Waals surface area contributed by atoms with Gasteiger partial charge < -0.3 is 10.6 Å². The van der Waals surface area contributed by atoms with E-state index in [2.05, 4.69) is 70.9 Å². The average molecular weight is 354 g/mol. The highest BCUT2D eigenvalue weighted by Crippen LogP contribution is 2.30. The van der Waals surface area contributed by atoms with E-state index in [-0.39, 0.29) is 6.04 Å². The summed E-state index contributed by atoms with van der Waals surface area (Å²) in [5.41, 5.74) is 7.84. The monoisotopic (exact) mass is 353 g/mol. The lowest BCUT2D eigenvalue weighted by atomic mass is 9.95. The minimum absolute atomic E-state index is 0.171. The van der Waals surface area contributed by atoms with E-state index in [4.69, 9.17) is 5.73 Å². The summed E-state index contributed by atoms with van der Waals surface area (Å²) in [7, 11) is 2.22. The van der Waals surface area contributed by atoms with E-state index in [1.165, 1.54) is 18.5 Å². The van der Waals surface area contributed by atoms with Crippen LogP contribution < -0.4 is 5.73 Å². The fraction of sp³-hybridized carbons (Fsp3) is 0.647. The molecule has 1 saturated heterocycles. The Labute approximate surface area is 137 Å². The molecule has 0 spiro atoms. The fourth-order valence-corrected chi connectivity index (χ4v) is 3.82. The van der Waals surface area contributed by atoms with Crippen molar-refractivity contribution in [3.8, 4) is 0 Å². The topological polar surface area (TPSA) is 32.5 Å². The van der Waals surface area contributed by atoms with Crippen LogP contribution in [0.15, 0.2) is 28.7 Å². The first kappa shape index (κ1) is 16.9. The van der Waals surface area contributed by atoms with Crippen molar-refractivity contribution in [3.63, 3.8) is 0 Å². The summed E-state index contributed by atoms with van der Waals surface area (Å²) in [6, 6.07) is 9.63. The standard InChI is InChI=1S/C17H28BrN3/c1-4-16(19)17(14-7-5-8-15(18)11-14)21-10-6-9-20(3)12-13(21)2/h5,7-8,11,13,16-17H,4,6,9-10,12,19H2,1-3H3. The van der Waals surface area contributed by atoms with Crippen molar-refractivity contribution in [2.45, 2.75) is 44.8 Å². The molecule has 2 N–H and O–H groups in total. The third-order valence-electron chi connectivity index (χ3n) is 4.52. The molecule has 0 radical (unpaired) electrons. The van der Waals surface area contributed by atoms with Crippen LogP contribution in [0, 0.1) is 0 Å². The molecule has 0 saturated carbocycles. The molecule has 3 unspecified atom stereocenters.